The van der Waals surface area contributed by atoms with Gasteiger partial charge in [-0.25, -0.2) is 0 Å². The molecule has 4 heteroatoms. The summed E-state index contributed by atoms with van der Waals surface area (Å²) in [4.78, 5) is 2.32. The highest BCUT2D eigenvalue weighted by Gasteiger charge is 2.28. The molecule has 1 saturated heterocycles. The van der Waals surface area contributed by atoms with Gasteiger partial charge in [-0.15, -0.1) is 0 Å². The maximum absolute atomic E-state index is 6.34. The van der Waals surface area contributed by atoms with Gasteiger partial charge in [-0.3, -0.25) is 4.90 Å². The Morgan fingerprint density at radius 1 is 1.33 bits per heavy atom. The third-order valence-electron chi connectivity index (χ3n) is 4.07. The molecule has 0 spiro atoms. The van der Waals surface area contributed by atoms with E-state index in [1.54, 1.807) is 0 Å². The van der Waals surface area contributed by atoms with E-state index in [1.807, 2.05) is 26.0 Å². The van der Waals surface area contributed by atoms with Crippen molar-refractivity contribution in [3.05, 3.63) is 29.8 Å². The fraction of sp³-hybridized carbons (Fsp3) is 0.647. The zero-order valence-electron chi connectivity index (χ0n) is 13.6. The number of rotatable bonds is 6. The van der Waals surface area contributed by atoms with E-state index in [4.69, 9.17) is 15.2 Å². The van der Waals surface area contributed by atoms with Crippen LogP contribution < -0.4 is 10.5 Å². The second kappa shape index (κ2) is 7.25. The molecule has 1 heterocycles. The number of hydrogen-bond acceptors (Lipinski definition) is 4. The summed E-state index contributed by atoms with van der Waals surface area (Å²) in [6.07, 6.45) is 1.58. The molecule has 0 amide bonds. The Labute approximate surface area is 128 Å². The highest BCUT2D eigenvalue weighted by atomic mass is 16.5. The van der Waals surface area contributed by atoms with Crippen LogP contribution in [0.1, 0.15) is 38.8 Å². The van der Waals surface area contributed by atoms with Gasteiger partial charge >= 0.3 is 0 Å². The maximum atomic E-state index is 6.34. The lowest BCUT2D eigenvalue weighted by atomic mass is 10.0. The molecule has 0 bridgehead atoms. The van der Waals surface area contributed by atoms with Crippen molar-refractivity contribution in [2.75, 3.05) is 20.2 Å². The number of benzene rings is 1. The predicted octanol–water partition coefficient (Wildman–Crippen LogP) is 2.58. The third-order valence-corrected chi connectivity index (χ3v) is 4.07. The molecular formula is C17H28N2O2. The first kappa shape index (κ1) is 16.3. The molecule has 0 radical (unpaired) electrons. The quantitative estimate of drug-likeness (QED) is 0.875. The van der Waals surface area contributed by atoms with Gasteiger partial charge in [-0.05, 0) is 51.9 Å². The molecule has 1 aliphatic heterocycles. The summed E-state index contributed by atoms with van der Waals surface area (Å²) in [6.45, 7) is 7.88. The van der Waals surface area contributed by atoms with E-state index in [2.05, 4.69) is 31.0 Å². The van der Waals surface area contributed by atoms with Gasteiger partial charge in [-0.2, -0.15) is 0 Å². The van der Waals surface area contributed by atoms with Crippen LogP contribution >= 0.6 is 0 Å². The van der Waals surface area contributed by atoms with Crippen molar-refractivity contribution in [3.63, 3.8) is 0 Å². The number of hydrogen-bond donors (Lipinski definition) is 1. The van der Waals surface area contributed by atoms with E-state index in [0.29, 0.717) is 12.1 Å². The largest absolute Gasteiger partial charge is 0.491 e. The van der Waals surface area contributed by atoms with E-state index in [1.165, 1.54) is 0 Å². The summed E-state index contributed by atoms with van der Waals surface area (Å²) in [5.74, 6) is 0.895. The Morgan fingerprint density at radius 2 is 2.00 bits per heavy atom. The van der Waals surface area contributed by atoms with Crippen LogP contribution in [0.4, 0.5) is 0 Å². The van der Waals surface area contributed by atoms with E-state index in [9.17, 15) is 0 Å². The van der Waals surface area contributed by atoms with Crippen molar-refractivity contribution in [2.24, 2.45) is 5.73 Å². The smallest absolute Gasteiger partial charge is 0.119 e. The highest BCUT2D eigenvalue weighted by Crippen LogP contribution is 2.22. The van der Waals surface area contributed by atoms with Gasteiger partial charge in [0, 0.05) is 25.2 Å². The predicted molar refractivity (Wildman–Crippen MR) is 85.6 cm³/mol. The molecule has 1 aliphatic rings. The average Bonchev–Trinajstić information content (AvgIpc) is 2.85. The Balaban J connectivity index is 1.91. The number of ether oxygens (including phenoxy) is 2. The van der Waals surface area contributed by atoms with Gasteiger partial charge in [-0.1, -0.05) is 12.1 Å². The lowest BCUT2D eigenvalue weighted by Gasteiger charge is -2.29. The fourth-order valence-corrected chi connectivity index (χ4v) is 2.92. The second-order valence-electron chi connectivity index (χ2n) is 6.21. The molecular weight excluding hydrogens is 264 g/mol. The molecule has 2 N–H and O–H groups in total. The van der Waals surface area contributed by atoms with Gasteiger partial charge in [0.25, 0.3) is 0 Å². The molecule has 0 saturated carbocycles. The van der Waals surface area contributed by atoms with Gasteiger partial charge in [0.2, 0.25) is 0 Å². The van der Waals surface area contributed by atoms with Crippen LogP contribution in [0.3, 0.4) is 0 Å². The minimum Gasteiger partial charge on any atom is -0.491 e. The minimum atomic E-state index is 0.0101. The van der Waals surface area contributed by atoms with E-state index in [0.717, 1.165) is 30.9 Å². The number of likely N-dealkylation sites (N-methyl/N-ethyl adjacent to an activating group) is 1. The van der Waals surface area contributed by atoms with Crippen LogP contribution in [-0.4, -0.2) is 43.3 Å². The monoisotopic (exact) mass is 292 g/mol. The Morgan fingerprint density at radius 3 is 2.52 bits per heavy atom. The van der Waals surface area contributed by atoms with Crippen LogP contribution in [0.15, 0.2) is 24.3 Å². The first-order valence-electron chi connectivity index (χ1n) is 7.81. The molecule has 0 aromatic heterocycles. The topological polar surface area (TPSA) is 47.7 Å². The van der Waals surface area contributed by atoms with E-state index in [-0.39, 0.29) is 12.1 Å². The van der Waals surface area contributed by atoms with Crippen molar-refractivity contribution >= 4 is 0 Å². The Hall–Kier alpha value is -1.10. The zero-order chi connectivity index (χ0) is 15.4. The highest BCUT2D eigenvalue weighted by molar-refractivity contribution is 5.29. The maximum Gasteiger partial charge on any atom is 0.119 e. The summed E-state index contributed by atoms with van der Waals surface area (Å²) < 4.78 is 11.3. The lowest BCUT2D eigenvalue weighted by molar-refractivity contribution is 0.0818. The fourth-order valence-electron chi connectivity index (χ4n) is 2.92. The summed E-state index contributed by atoms with van der Waals surface area (Å²) in [6, 6.07) is 8.60. The second-order valence-corrected chi connectivity index (χ2v) is 6.21. The molecule has 3 unspecified atom stereocenters. The number of nitrogens with two attached hydrogens (primary N) is 1. The van der Waals surface area contributed by atoms with Crippen LogP contribution in [0, 0.1) is 0 Å². The van der Waals surface area contributed by atoms with E-state index < -0.39 is 0 Å². The molecule has 0 aliphatic carbocycles. The molecule has 118 valence electrons. The van der Waals surface area contributed by atoms with Crippen molar-refractivity contribution < 1.29 is 9.47 Å². The van der Waals surface area contributed by atoms with E-state index >= 15 is 0 Å². The molecule has 4 nitrogen and oxygen atoms in total. The summed E-state index contributed by atoms with van der Waals surface area (Å²) in [5.41, 5.74) is 7.48. The first-order valence-corrected chi connectivity index (χ1v) is 7.81. The Kier molecular flexibility index (Phi) is 5.62. The first-order chi connectivity index (χ1) is 9.97. The van der Waals surface area contributed by atoms with Gasteiger partial charge in [0.15, 0.2) is 0 Å². The van der Waals surface area contributed by atoms with Gasteiger partial charge in [0.05, 0.1) is 12.2 Å². The van der Waals surface area contributed by atoms with Crippen LogP contribution in [0.2, 0.25) is 0 Å². The van der Waals surface area contributed by atoms with Gasteiger partial charge < -0.3 is 15.2 Å². The lowest BCUT2D eigenvalue weighted by Crippen LogP contribution is -2.40. The summed E-state index contributed by atoms with van der Waals surface area (Å²) in [5, 5.41) is 0. The standard InChI is InChI=1S/C17H28N2O2/c1-12(2)21-15-7-5-14(6-8-15)16(18)11-19(4)17-9-10-20-13(17)3/h5-8,12-13,16-17H,9-11,18H2,1-4H3. The van der Waals surface area contributed by atoms with Crippen molar-refractivity contribution in [2.45, 2.75) is 51.5 Å². The summed E-state index contributed by atoms with van der Waals surface area (Å²) in [7, 11) is 2.13. The molecule has 21 heavy (non-hydrogen) atoms. The third kappa shape index (κ3) is 4.43. The molecule has 3 atom stereocenters. The van der Waals surface area contributed by atoms with Crippen LogP contribution in [0.5, 0.6) is 5.75 Å². The van der Waals surface area contributed by atoms with Crippen molar-refractivity contribution in [1.82, 2.24) is 4.90 Å². The Bertz CT molecular complexity index is 433. The number of nitrogens with zero attached hydrogens (tertiary/aromatic N) is 1. The van der Waals surface area contributed by atoms with Crippen LogP contribution in [0.25, 0.3) is 0 Å². The normalized spacial score (nSPS) is 23.8. The van der Waals surface area contributed by atoms with Crippen LogP contribution in [-0.2, 0) is 4.74 Å². The molecule has 2 rings (SSSR count). The minimum absolute atomic E-state index is 0.0101. The SMILES string of the molecule is CC(C)Oc1ccc(C(N)CN(C)C2CCOC2C)cc1. The molecule has 1 aromatic carbocycles. The molecule has 1 fully saturated rings. The average molecular weight is 292 g/mol. The van der Waals surface area contributed by atoms with Gasteiger partial charge in [0.1, 0.15) is 5.75 Å². The van der Waals surface area contributed by atoms with Crippen molar-refractivity contribution in [1.29, 1.82) is 0 Å². The van der Waals surface area contributed by atoms with Crippen molar-refractivity contribution in [3.8, 4) is 5.75 Å². The zero-order valence-corrected chi connectivity index (χ0v) is 13.6. The summed E-state index contributed by atoms with van der Waals surface area (Å²) >= 11 is 0. The molecule has 1 aromatic rings.